The summed E-state index contributed by atoms with van der Waals surface area (Å²) in [6, 6.07) is 0. The Morgan fingerprint density at radius 2 is 1.75 bits per heavy atom. The van der Waals surface area contributed by atoms with Gasteiger partial charge in [-0.15, -0.1) is 0 Å². The highest BCUT2D eigenvalue weighted by Crippen LogP contribution is 2.31. The number of rotatable bonds is 3. The summed E-state index contributed by atoms with van der Waals surface area (Å²) in [7, 11) is 0. The third-order valence-electron chi connectivity index (χ3n) is 4.69. The molecule has 2 heterocycles. The highest BCUT2D eigenvalue weighted by atomic mass is 16.7. The van der Waals surface area contributed by atoms with Gasteiger partial charge >= 0.3 is 0 Å². The van der Waals surface area contributed by atoms with Gasteiger partial charge in [-0.25, -0.2) is 0 Å². The average molecular weight is 283 g/mol. The summed E-state index contributed by atoms with van der Waals surface area (Å²) in [4.78, 5) is 14.1. The van der Waals surface area contributed by atoms with Crippen molar-refractivity contribution in [1.82, 2.24) is 4.90 Å². The van der Waals surface area contributed by atoms with E-state index in [4.69, 9.17) is 14.2 Å². The average Bonchev–Trinajstić information content (AvgIpc) is 2.95. The number of carbonyl (C=O) groups excluding carboxylic acids is 1. The molecule has 3 rings (SSSR count). The molecule has 0 aromatic heterocycles. The van der Waals surface area contributed by atoms with Gasteiger partial charge in [-0.1, -0.05) is 19.3 Å². The van der Waals surface area contributed by atoms with E-state index in [1.54, 1.807) is 0 Å². The Kier molecular flexibility index (Phi) is 4.58. The molecule has 3 fully saturated rings. The smallest absolute Gasteiger partial charge is 0.248 e. The molecule has 1 spiro atoms. The van der Waals surface area contributed by atoms with Crippen LogP contribution < -0.4 is 0 Å². The van der Waals surface area contributed by atoms with E-state index in [1.165, 1.54) is 19.3 Å². The number of piperidine rings is 1. The fourth-order valence-electron chi connectivity index (χ4n) is 3.39. The molecule has 2 aliphatic heterocycles. The lowest BCUT2D eigenvalue weighted by atomic mass is 9.98. The van der Waals surface area contributed by atoms with E-state index in [0.29, 0.717) is 32.4 Å². The number of ether oxygens (including phenoxy) is 3. The number of carbonyl (C=O) groups is 1. The summed E-state index contributed by atoms with van der Waals surface area (Å²) < 4.78 is 17.1. The lowest BCUT2D eigenvalue weighted by Gasteiger charge is -2.37. The SMILES string of the molecule is O=C(COC1CCCCC1)N1CCC2(CC1)OCCO2. The Bertz CT molecular complexity index is 325. The van der Waals surface area contributed by atoms with Gasteiger partial charge in [0.25, 0.3) is 0 Å². The second-order valence-corrected chi connectivity index (χ2v) is 6.06. The summed E-state index contributed by atoms with van der Waals surface area (Å²) >= 11 is 0. The Morgan fingerprint density at radius 1 is 1.10 bits per heavy atom. The number of hydrogen-bond donors (Lipinski definition) is 0. The minimum atomic E-state index is -0.402. The van der Waals surface area contributed by atoms with Crippen LogP contribution in [0.2, 0.25) is 0 Å². The highest BCUT2D eigenvalue weighted by molar-refractivity contribution is 5.77. The van der Waals surface area contributed by atoms with E-state index in [9.17, 15) is 4.79 Å². The van der Waals surface area contributed by atoms with Crippen LogP contribution >= 0.6 is 0 Å². The summed E-state index contributed by atoms with van der Waals surface area (Å²) in [5.74, 6) is -0.288. The van der Waals surface area contributed by atoms with Crippen molar-refractivity contribution in [2.24, 2.45) is 0 Å². The molecule has 0 aromatic carbocycles. The van der Waals surface area contributed by atoms with Crippen LogP contribution in [0.3, 0.4) is 0 Å². The molecule has 5 heteroatoms. The first-order valence-electron chi connectivity index (χ1n) is 7.95. The van der Waals surface area contributed by atoms with E-state index in [2.05, 4.69) is 0 Å². The van der Waals surface area contributed by atoms with Crippen molar-refractivity contribution in [2.75, 3.05) is 32.9 Å². The van der Waals surface area contributed by atoms with Crippen LogP contribution in [0.5, 0.6) is 0 Å². The van der Waals surface area contributed by atoms with E-state index in [0.717, 1.165) is 25.7 Å². The maximum absolute atomic E-state index is 12.2. The van der Waals surface area contributed by atoms with Gasteiger partial charge in [-0.3, -0.25) is 4.79 Å². The monoisotopic (exact) mass is 283 g/mol. The number of amides is 1. The van der Waals surface area contributed by atoms with Crippen LogP contribution in [-0.2, 0) is 19.0 Å². The van der Waals surface area contributed by atoms with Crippen molar-refractivity contribution in [1.29, 1.82) is 0 Å². The summed E-state index contributed by atoms with van der Waals surface area (Å²) in [6.07, 6.45) is 7.85. The lowest BCUT2D eigenvalue weighted by molar-refractivity contribution is -0.188. The zero-order chi connectivity index (χ0) is 13.8. The highest BCUT2D eigenvalue weighted by Gasteiger charge is 2.40. The van der Waals surface area contributed by atoms with Crippen molar-refractivity contribution in [3.05, 3.63) is 0 Å². The predicted octanol–water partition coefficient (Wildman–Crippen LogP) is 1.70. The second-order valence-electron chi connectivity index (χ2n) is 6.06. The molecule has 114 valence electrons. The molecule has 1 aliphatic carbocycles. The van der Waals surface area contributed by atoms with Crippen LogP contribution in [0.25, 0.3) is 0 Å². The molecule has 5 nitrogen and oxygen atoms in total. The predicted molar refractivity (Wildman–Crippen MR) is 73.3 cm³/mol. The van der Waals surface area contributed by atoms with Gasteiger partial charge in [0.1, 0.15) is 6.61 Å². The van der Waals surface area contributed by atoms with Gasteiger partial charge in [0.05, 0.1) is 19.3 Å². The van der Waals surface area contributed by atoms with Gasteiger partial charge in [-0.2, -0.15) is 0 Å². The fourth-order valence-corrected chi connectivity index (χ4v) is 3.39. The Balaban J connectivity index is 1.39. The molecular weight excluding hydrogens is 258 g/mol. The van der Waals surface area contributed by atoms with Crippen molar-refractivity contribution in [2.45, 2.75) is 56.8 Å². The first kappa shape index (κ1) is 14.3. The van der Waals surface area contributed by atoms with Crippen molar-refractivity contribution >= 4 is 5.91 Å². The number of likely N-dealkylation sites (tertiary alicyclic amines) is 1. The fraction of sp³-hybridized carbons (Fsp3) is 0.933. The summed E-state index contributed by atoms with van der Waals surface area (Å²) in [6.45, 7) is 3.02. The molecule has 0 radical (unpaired) electrons. The Morgan fingerprint density at radius 3 is 2.40 bits per heavy atom. The molecule has 0 bridgehead atoms. The van der Waals surface area contributed by atoms with Gasteiger partial charge in [0.2, 0.25) is 5.91 Å². The van der Waals surface area contributed by atoms with Gasteiger partial charge < -0.3 is 19.1 Å². The van der Waals surface area contributed by atoms with Gasteiger partial charge in [-0.05, 0) is 12.8 Å². The molecule has 1 saturated carbocycles. The normalized spacial score (nSPS) is 27.1. The summed E-state index contributed by atoms with van der Waals surface area (Å²) in [5, 5.41) is 0. The van der Waals surface area contributed by atoms with Crippen molar-refractivity contribution in [3.63, 3.8) is 0 Å². The van der Waals surface area contributed by atoms with Crippen LogP contribution in [0, 0.1) is 0 Å². The standard InChI is InChI=1S/C15H25NO4/c17-14(12-18-13-4-2-1-3-5-13)16-8-6-15(7-9-16)19-10-11-20-15/h13H,1-12H2. The van der Waals surface area contributed by atoms with Crippen LogP contribution in [-0.4, -0.2) is 55.6 Å². The van der Waals surface area contributed by atoms with Gasteiger partial charge in [0, 0.05) is 25.9 Å². The minimum Gasteiger partial charge on any atom is -0.368 e. The van der Waals surface area contributed by atoms with E-state index < -0.39 is 5.79 Å². The van der Waals surface area contributed by atoms with Gasteiger partial charge in [0.15, 0.2) is 5.79 Å². The van der Waals surface area contributed by atoms with E-state index in [1.807, 2.05) is 4.90 Å². The molecule has 2 saturated heterocycles. The third-order valence-corrected chi connectivity index (χ3v) is 4.69. The van der Waals surface area contributed by atoms with Crippen molar-refractivity contribution < 1.29 is 19.0 Å². The molecule has 3 aliphatic rings. The summed E-state index contributed by atoms with van der Waals surface area (Å²) in [5.41, 5.74) is 0. The van der Waals surface area contributed by atoms with Crippen LogP contribution in [0.4, 0.5) is 0 Å². The van der Waals surface area contributed by atoms with E-state index >= 15 is 0 Å². The zero-order valence-corrected chi connectivity index (χ0v) is 12.1. The zero-order valence-electron chi connectivity index (χ0n) is 12.1. The first-order valence-corrected chi connectivity index (χ1v) is 7.95. The van der Waals surface area contributed by atoms with Crippen molar-refractivity contribution in [3.8, 4) is 0 Å². The van der Waals surface area contributed by atoms with Crippen LogP contribution in [0.15, 0.2) is 0 Å². The number of hydrogen-bond acceptors (Lipinski definition) is 4. The van der Waals surface area contributed by atoms with Crippen LogP contribution in [0.1, 0.15) is 44.9 Å². The molecular formula is C15H25NO4. The maximum atomic E-state index is 12.2. The maximum Gasteiger partial charge on any atom is 0.248 e. The number of nitrogens with zero attached hydrogens (tertiary/aromatic N) is 1. The molecule has 0 atom stereocenters. The first-order chi connectivity index (χ1) is 9.77. The molecule has 20 heavy (non-hydrogen) atoms. The minimum absolute atomic E-state index is 0.114. The topological polar surface area (TPSA) is 48.0 Å². The largest absolute Gasteiger partial charge is 0.368 e. The molecule has 0 unspecified atom stereocenters. The Labute approximate surface area is 120 Å². The third kappa shape index (κ3) is 3.32. The molecule has 0 aromatic rings. The van der Waals surface area contributed by atoms with E-state index in [-0.39, 0.29) is 12.5 Å². The molecule has 0 N–H and O–H groups in total. The quantitative estimate of drug-likeness (QED) is 0.791. The Hall–Kier alpha value is -0.650. The lowest BCUT2D eigenvalue weighted by Crippen LogP contribution is -2.48. The molecule has 1 amide bonds. The second kappa shape index (κ2) is 6.41.